The van der Waals surface area contributed by atoms with E-state index in [1.807, 2.05) is 6.08 Å². The lowest BCUT2D eigenvalue weighted by atomic mass is 10.0. The molecule has 1 atom stereocenters. The molecule has 0 aliphatic carbocycles. The van der Waals surface area contributed by atoms with Crippen molar-refractivity contribution in [3.63, 3.8) is 0 Å². The molecule has 1 unspecified atom stereocenters. The van der Waals surface area contributed by atoms with E-state index < -0.39 is 0 Å². The van der Waals surface area contributed by atoms with Gasteiger partial charge < -0.3 is 0 Å². The van der Waals surface area contributed by atoms with Crippen LogP contribution >= 0.6 is 0 Å². The van der Waals surface area contributed by atoms with E-state index in [9.17, 15) is 0 Å². The number of hydrogen-bond donors (Lipinski definition) is 0. The second-order valence-corrected chi connectivity index (χ2v) is 5.89. The van der Waals surface area contributed by atoms with Crippen molar-refractivity contribution in [2.45, 2.75) is 90.9 Å². The van der Waals surface area contributed by atoms with Crippen LogP contribution in [0.3, 0.4) is 0 Å². The van der Waals surface area contributed by atoms with Gasteiger partial charge in [0.1, 0.15) is 0 Å². The van der Waals surface area contributed by atoms with Crippen LogP contribution in [-0.4, -0.2) is 0 Å². The topological polar surface area (TPSA) is 0 Å². The SMILES string of the molecule is C=CCCCCCCCCC/C=C/C(C)CCCC. The highest BCUT2D eigenvalue weighted by Gasteiger charge is 1.95. The van der Waals surface area contributed by atoms with Crippen LogP contribution in [0.1, 0.15) is 90.9 Å². The van der Waals surface area contributed by atoms with Crippen LogP contribution in [0.4, 0.5) is 0 Å². The first-order valence-electron chi connectivity index (χ1n) is 8.58. The van der Waals surface area contributed by atoms with Crippen molar-refractivity contribution in [1.29, 1.82) is 0 Å². The molecule has 0 aliphatic rings. The van der Waals surface area contributed by atoms with Gasteiger partial charge in [0.05, 0.1) is 0 Å². The molecule has 0 aromatic rings. The maximum Gasteiger partial charge on any atom is -0.0262 e. The van der Waals surface area contributed by atoms with Crippen LogP contribution in [0.2, 0.25) is 0 Å². The van der Waals surface area contributed by atoms with E-state index in [0.717, 1.165) is 5.92 Å². The van der Waals surface area contributed by atoms with E-state index in [4.69, 9.17) is 0 Å². The molecule has 0 N–H and O–H groups in total. The van der Waals surface area contributed by atoms with Crippen LogP contribution in [0.25, 0.3) is 0 Å². The van der Waals surface area contributed by atoms with E-state index in [2.05, 4.69) is 32.6 Å². The third kappa shape index (κ3) is 15.4. The first-order valence-corrected chi connectivity index (χ1v) is 8.58. The largest absolute Gasteiger partial charge is 0.103 e. The molecule has 0 heterocycles. The van der Waals surface area contributed by atoms with E-state index in [0.29, 0.717) is 0 Å². The quantitative estimate of drug-likeness (QED) is 0.232. The first kappa shape index (κ1) is 18.5. The van der Waals surface area contributed by atoms with Crippen LogP contribution in [0.15, 0.2) is 24.8 Å². The Bertz CT molecular complexity index is 202. The first-order chi connectivity index (χ1) is 9.31. The van der Waals surface area contributed by atoms with Crippen molar-refractivity contribution >= 4 is 0 Å². The lowest BCUT2D eigenvalue weighted by Crippen LogP contribution is -1.88. The Balaban J connectivity index is 3.17. The Morgan fingerprint density at radius 2 is 1.42 bits per heavy atom. The smallest absolute Gasteiger partial charge is 0.0262 e. The van der Waals surface area contributed by atoms with Crippen molar-refractivity contribution in [1.82, 2.24) is 0 Å². The molecule has 0 bridgehead atoms. The van der Waals surface area contributed by atoms with E-state index in [-0.39, 0.29) is 0 Å². The molecule has 0 fully saturated rings. The normalized spacial score (nSPS) is 12.9. The predicted molar refractivity (Wildman–Crippen MR) is 89.6 cm³/mol. The van der Waals surface area contributed by atoms with Crippen LogP contribution in [0, 0.1) is 5.92 Å². The second-order valence-electron chi connectivity index (χ2n) is 5.89. The van der Waals surface area contributed by atoms with E-state index >= 15 is 0 Å². The molecule has 0 nitrogen and oxygen atoms in total. The zero-order valence-electron chi connectivity index (χ0n) is 13.5. The summed E-state index contributed by atoms with van der Waals surface area (Å²) in [7, 11) is 0. The number of allylic oxidation sites excluding steroid dienone is 3. The fourth-order valence-electron chi connectivity index (χ4n) is 2.39. The van der Waals surface area contributed by atoms with Gasteiger partial charge in [-0.2, -0.15) is 0 Å². The van der Waals surface area contributed by atoms with Gasteiger partial charge in [0.25, 0.3) is 0 Å². The van der Waals surface area contributed by atoms with Crippen molar-refractivity contribution < 1.29 is 0 Å². The minimum absolute atomic E-state index is 0.782. The Kier molecular flexibility index (Phi) is 15.1. The summed E-state index contributed by atoms with van der Waals surface area (Å²) in [4.78, 5) is 0. The molecule has 0 rings (SSSR count). The van der Waals surface area contributed by atoms with Gasteiger partial charge in [-0.1, -0.05) is 77.0 Å². The molecule has 0 spiro atoms. The Morgan fingerprint density at radius 1 is 0.842 bits per heavy atom. The van der Waals surface area contributed by atoms with E-state index in [1.165, 1.54) is 77.0 Å². The minimum Gasteiger partial charge on any atom is -0.103 e. The zero-order valence-corrected chi connectivity index (χ0v) is 13.5. The summed E-state index contributed by atoms with van der Waals surface area (Å²) in [5.41, 5.74) is 0. The van der Waals surface area contributed by atoms with Gasteiger partial charge in [0, 0.05) is 0 Å². The Labute approximate surface area is 122 Å². The van der Waals surface area contributed by atoms with Crippen LogP contribution < -0.4 is 0 Å². The second kappa shape index (κ2) is 15.5. The highest BCUT2D eigenvalue weighted by Crippen LogP contribution is 2.12. The van der Waals surface area contributed by atoms with Gasteiger partial charge in [0.15, 0.2) is 0 Å². The molecule has 0 aromatic heterocycles. The lowest BCUT2D eigenvalue weighted by molar-refractivity contribution is 0.579. The van der Waals surface area contributed by atoms with E-state index in [1.54, 1.807) is 0 Å². The number of hydrogen-bond acceptors (Lipinski definition) is 0. The predicted octanol–water partition coefficient (Wildman–Crippen LogP) is 7.07. The summed E-state index contributed by atoms with van der Waals surface area (Å²) in [5, 5.41) is 0. The molecule has 0 heteroatoms. The highest BCUT2D eigenvalue weighted by atomic mass is 14.0. The fraction of sp³-hybridized carbons (Fsp3) is 0.789. The molecule has 0 aliphatic heterocycles. The fourth-order valence-corrected chi connectivity index (χ4v) is 2.39. The minimum atomic E-state index is 0.782. The van der Waals surface area contributed by atoms with Gasteiger partial charge in [0.2, 0.25) is 0 Å². The summed E-state index contributed by atoms with van der Waals surface area (Å²) in [6, 6.07) is 0. The highest BCUT2D eigenvalue weighted by molar-refractivity contribution is 4.86. The summed E-state index contributed by atoms with van der Waals surface area (Å²) in [6.45, 7) is 8.37. The maximum atomic E-state index is 3.76. The zero-order chi connectivity index (χ0) is 14.2. The average Bonchev–Trinajstić information content (AvgIpc) is 2.42. The molecular weight excluding hydrogens is 228 g/mol. The average molecular weight is 264 g/mol. The molecule has 0 aromatic carbocycles. The van der Waals surface area contributed by atoms with Crippen LogP contribution in [-0.2, 0) is 0 Å². The molecular formula is C19H36. The number of rotatable bonds is 14. The van der Waals surface area contributed by atoms with Crippen molar-refractivity contribution in [2.75, 3.05) is 0 Å². The monoisotopic (exact) mass is 264 g/mol. The van der Waals surface area contributed by atoms with Gasteiger partial charge >= 0.3 is 0 Å². The standard InChI is InChI=1S/C19H36/c1-4-6-8-9-10-11-12-13-14-15-16-18-19(3)17-7-5-2/h4,16,18-19H,1,5-15,17H2,2-3H3/b18-16+. The Hall–Kier alpha value is -0.520. The molecule has 0 saturated carbocycles. The summed E-state index contributed by atoms with van der Waals surface area (Å²) >= 11 is 0. The van der Waals surface area contributed by atoms with Crippen molar-refractivity contribution in [3.05, 3.63) is 24.8 Å². The molecule has 0 radical (unpaired) electrons. The summed E-state index contributed by atoms with van der Waals surface area (Å²) in [5.74, 6) is 0.782. The number of unbranched alkanes of at least 4 members (excludes halogenated alkanes) is 9. The third-order valence-electron chi connectivity index (χ3n) is 3.76. The van der Waals surface area contributed by atoms with Crippen molar-refractivity contribution in [3.8, 4) is 0 Å². The van der Waals surface area contributed by atoms with Gasteiger partial charge in [-0.25, -0.2) is 0 Å². The third-order valence-corrected chi connectivity index (χ3v) is 3.76. The molecule has 0 saturated heterocycles. The van der Waals surface area contributed by atoms with Crippen LogP contribution in [0.5, 0.6) is 0 Å². The maximum absolute atomic E-state index is 3.76. The van der Waals surface area contributed by atoms with Gasteiger partial charge in [-0.05, 0) is 38.0 Å². The summed E-state index contributed by atoms with van der Waals surface area (Å²) in [6.07, 6.45) is 23.2. The molecule has 19 heavy (non-hydrogen) atoms. The van der Waals surface area contributed by atoms with Gasteiger partial charge in [-0.3, -0.25) is 0 Å². The van der Waals surface area contributed by atoms with Crippen molar-refractivity contribution in [2.24, 2.45) is 5.92 Å². The molecule has 112 valence electrons. The van der Waals surface area contributed by atoms with Gasteiger partial charge in [-0.15, -0.1) is 6.58 Å². The Morgan fingerprint density at radius 3 is 2.00 bits per heavy atom. The molecule has 0 amide bonds. The lowest BCUT2D eigenvalue weighted by Gasteiger charge is -2.04. The summed E-state index contributed by atoms with van der Waals surface area (Å²) < 4.78 is 0.